The maximum absolute atomic E-state index is 11.7. The summed E-state index contributed by atoms with van der Waals surface area (Å²) >= 11 is 0. The molecule has 1 heterocycles. The Hall–Kier alpha value is -1.35. The molecule has 3 nitrogen and oxygen atoms in total. The predicted molar refractivity (Wildman–Crippen MR) is 83.6 cm³/mol. The van der Waals surface area contributed by atoms with E-state index in [1.165, 1.54) is 44.2 Å². The van der Waals surface area contributed by atoms with Crippen molar-refractivity contribution in [3.63, 3.8) is 0 Å². The molecule has 1 aliphatic heterocycles. The lowest BCUT2D eigenvalue weighted by Gasteiger charge is -2.35. The van der Waals surface area contributed by atoms with Gasteiger partial charge in [-0.3, -0.25) is 0 Å². The van der Waals surface area contributed by atoms with E-state index >= 15 is 0 Å². The van der Waals surface area contributed by atoms with E-state index in [1.54, 1.807) is 0 Å². The summed E-state index contributed by atoms with van der Waals surface area (Å²) < 4.78 is 4.85. The molecule has 114 valence electrons. The minimum atomic E-state index is -0.229. The Morgan fingerprint density at radius 2 is 2.10 bits per heavy atom. The van der Waals surface area contributed by atoms with Crippen LogP contribution in [0.4, 0.5) is 0 Å². The van der Waals surface area contributed by atoms with E-state index in [4.69, 9.17) is 4.74 Å². The average Bonchev–Trinajstić information content (AvgIpc) is 2.89. The first-order valence-electron chi connectivity index (χ1n) is 7.97. The Balaban J connectivity index is 1.83. The molecule has 1 fully saturated rings. The van der Waals surface area contributed by atoms with E-state index < -0.39 is 0 Å². The van der Waals surface area contributed by atoms with Crippen molar-refractivity contribution in [3.8, 4) is 0 Å². The van der Waals surface area contributed by atoms with Gasteiger partial charge in [-0.05, 0) is 74.8 Å². The number of esters is 1. The number of methoxy groups -OCH3 is 1. The number of benzene rings is 1. The fraction of sp³-hybridized carbons (Fsp3) is 0.611. The maximum Gasteiger partial charge on any atom is 0.337 e. The third kappa shape index (κ3) is 2.71. The number of ether oxygens (including phenoxy) is 1. The highest BCUT2D eigenvalue weighted by Gasteiger charge is 2.41. The van der Waals surface area contributed by atoms with Crippen molar-refractivity contribution < 1.29 is 9.53 Å². The molecule has 1 aromatic carbocycles. The number of likely N-dealkylation sites (tertiary alicyclic amines) is 1. The SMILES string of the molecule is COC(=O)c1ccc2c(c1)CC1(CC2)CCN(C(C)C)C1. The van der Waals surface area contributed by atoms with Gasteiger partial charge in [0.05, 0.1) is 12.7 Å². The zero-order chi connectivity index (χ0) is 15.0. The second-order valence-corrected chi connectivity index (χ2v) is 6.97. The van der Waals surface area contributed by atoms with Crippen LogP contribution in [0.25, 0.3) is 0 Å². The minimum Gasteiger partial charge on any atom is -0.465 e. The summed E-state index contributed by atoms with van der Waals surface area (Å²) in [5.41, 5.74) is 3.88. The van der Waals surface area contributed by atoms with Crippen LogP contribution in [0, 0.1) is 5.41 Å². The molecule has 1 saturated heterocycles. The third-order valence-corrected chi connectivity index (χ3v) is 5.32. The lowest BCUT2D eigenvalue weighted by molar-refractivity contribution is 0.0600. The largest absolute Gasteiger partial charge is 0.465 e. The van der Waals surface area contributed by atoms with Gasteiger partial charge in [0.1, 0.15) is 0 Å². The second kappa shape index (κ2) is 5.45. The molecule has 0 bridgehead atoms. The van der Waals surface area contributed by atoms with Gasteiger partial charge in [0.15, 0.2) is 0 Å². The molecule has 1 unspecified atom stereocenters. The first kappa shape index (κ1) is 14.6. The summed E-state index contributed by atoms with van der Waals surface area (Å²) in [5.74, 6) is -0.229. The molecule has 1 aliphatic carbocycles. The highest BCUT2D eigenvalue weighted by Crippen LogP contribution is 2.43. The van der Waals surface area contributed by atoms with Crippen molar-refractivity contribution >= 4 is 5.97 Å². The summed E-state index contributed by atoms with van der Waals surface area (Å²) in [7, 11) is 1.45. The number of carbonyl (C=O) groups excluding carboxylic acids is 1. The molecule has 0 aromatic heterocycles. The van der Waals surface area contributed by atoms with Gasteiger partial charge in [-0.15, -0.1) is 0 Å². The lowest BCUT2D eigenvalue weighted by atomic mass is 9.71. The lowest BCUT2D eigenvalue weighted by Crippen LogP contribution is -2.35. The van der Waals surface area contributed by atoms with Gasteiger partial charge in [-0.2, -0.15) is 0 Å². The van der Waals surface area contributed by atoms with Crippen LogP contribution in [-0.4, -0.2) is 37.1 Å². The Morgan fingerprint density at radius 1 is 1.29 bits per heavy atom. The highest BCUT2D eigenvalue weighted by atomic mass is 16.5. The topological polar surface area (TPSA) is 29.5 Å². The van der Waals surface area contributed by atoms with Crippen LogP contribution in [0.15, 0.2) is 18.2 Å². The number of aryl methyl sites for hydroxylation is 1. The fourth-order valence-electron chi connectivity index (χ4n) is 3.93. The average molecular weight is 287 g/mol. The van der Waals surface area contributed by atoms with Crippen LogP contribution in [0.5, 0.6) is 0 Å². The van der Waals surface area contributed by atoms with Gasteiger partial charge >= 0.3 is 5.97 Å². The number of hydrogen-bond donors (Lipinski definition) is 0. The van der Waals surface area contributed by atoms with E-state index in [2.05, 4.69) is 30.9 Å². The minimum absolute atomic E-state index is 0.229. The van der Waals surface area contributed by atoms with Crippen molar-refractivity contribution in [1.82, 2.24) is 4.90 Å². The van der Waals surface area contributed by atoms with E-state index in [0.717, 1.165) is 12.8 Å². The molecular formula is C18H25NO2. The number of carbonyl (C=O) groups is 1. The quantitative estimate of drug-likeness (QED) is 0.783. The van der Waals surface area contributed by atoms with Gasteiger partial charge in [0.25, 0.3) is 0 Å². The van der Waals surface area contributed by atoms with Crippen LogP contribution in [0.2, 0.25) is 0 Å². The summed E-state index contributed by atoms with van der Waals surface area (Å²) in [4.78, 5) is 14.3. The molecule has 1 aromatic rings. The van der Waals surface area contributed by atoms with Crippen LogP contribution >= 0.6 is 0 Å². The Kier molecular flexibility index (Phi) is 3.78. The van der Waals surface area contributed by atoms with E-state index in [9.17, 15) is 4.79 Å². The monoisotopic (exact) mass is 287 g/mol. The second-order valence-electron chi connectivity index (χ2n) is 6.97. The fourth-order valence-corrected chi connectivity index (χ4v) is 3.93. The first-order valence-corrected chi connectivity index (χ1v) is 7.97. The molecule has 0 radical (unpaired) electrons. The van der Waals surface area contributed by atoms with Gasteiger partial charge < -0.3 is 9.64 Å². The standard InChI is InChI=1S/C18H25NO2/c1-13(2)19-9-8-18(12-19)7-6-14-4-5-15(17(20)21-3)10-16(14)11-18/h4-5,10,13H,6-9,11-12H2,1-3H3. The molecule has 3 rings (SSSR count). The third-order valence-electron chi connectivity index (χ3n) is 5.32. The van der Waals surface area contributed by atoms with Crippen molar-refractivity contribution in [3.05, 3.63) is 34.9 Å². The predicted octanol–water partition coefficient (Wildman–Crippen LogP) is 3.06. The molecule has 0 saturated carbocycles. The summed E-state index contributed by atoms with van der Waals surface area (Å²) in [6.45, 7) is 6.98. The van der Waals surface area contributed by atoms with Crippen molar-refractivity contribution in [1.29, 1.82) is 0 Å². The molecule has 0 amide bonds. The van der Waals surface area contributed by atoms with Crippen LogP contribution in [-0.2, 0) is 17.6 Å². The van der Waals surface area contributed by atoms with Crippen LogP contribution in [0.3, 0.4) is 0 Å². The zero-order valence-corrected chi connectivity index (χ0v) is 13.3. The first-order chi connectivity index (χ1) is 10.0. The number of nitrogens with zero attached hydrogens (tertiary/aromatic N) is 1. The van der Waals surface area contributed by atoms with Crippen LogP contribution < -0.4 is 0 Å². The molecule has 1 spiro atoms. The molecule has 2 aliphatic rings. The molecule has 0 N–H and O–H groups in total. The normalized spacial score (nSPS) is 25.3. The van der Waals surface area contributed by atoms with E-state index in [0.29, 0.717) is 17.0 Å². The smallest absolute Gasteiger partial charge is 0.337 e. The zero-order valence-electron chi connectivity index (χ0n) is 13.3. The van der Waals surface area contributed by atoms with Crippen molar-refractivity contribution in [2.75, 3.05) is 20.2 Å². The molecular weight excluding hydrogens is 262 g/mol. The summed E-state index contributed by atoms with van der Waals surface area (Å²) in [6, 6.07) is 6.70. The maximum atomic E-state index is 11.7. The molecule has 21 heavy (non-hydrogen) atoms. The number of rotatable bonds is 2. The van der Waals surface area contributed by atoms with E-state index in [-0.39, 0.29) is 5.97 Å². The van der Waals surface area contributed by atoms with Crippen molar-refractivity contribution in [2.24, 2.45) is 5.41 Å². The summed E-state index contributed by atoms with van der Waals surface area (Å²) in [6.07, 6.45) is 4.81. The molecule has 3 heteroatoms. The van der Waals surface area contributed by atoms with E-state index in [1.807, 2.05) is 6.07 Å². The van der Waals surface area contributed by atoms with Gasteiger partial charge in [-0.1, -0.05) is 6.07 Å². The number of fused-ring (bicyclic) bond motifs is 1. The van der Waals surface area contributed by atoms with Crippen molar-refractivity contribution in [2.45, 2.75) is 45.6 Å². The van der Waals surface area contributed by atoms with Gasteiger partial charge in [0.2, 0.25) is 0 Å². The van der Waals surface area contributed by atoms with Gasteiger partial charge in [0, 0.05) is 12.6 Å². The summed E-state index contributed by atoms with van der Waals surface area (Å²) in [5, 5.41) is 0. The van der Waals surface area contributed by atoms with Gasteiger partial charge in [-0.25, -0.2) is 4.79 Å². The van der Waals surface area contributed by atoms with Crippen LogP contribution in [0.1, 0.15) is 48.2 Å². The Morgan fingerprint density at radius 3 is 2.76 bits per heavy atom. The molecule has 1 atom stereocenters. The Bertz CT molecular complexity index is 552. The highest BCUT2D eigenvalue weighted by molar-refractivity contribution is 5.89. The Labute approximate surface area is 127 Å². The number of hydrogen-bond acceptors (Lipinski definition) is 3.